The molecule has 0 aromatic heterocycles. The van der Waals surface area contributed by atoms with E-state index in [0.29, 0.717) is 25.2 Å². The summed E-state index contributed by atoms with van der Waals surface area (Å²) in [5.74, 6) is 2.32. The van der Waals surface area contributed by atoms with Crippen molar-refractivity contribution in [2.24, 2.45) is 11.7 Å². The number of hydrogen-bond donors (Lipinski definition) is 1. The Balaban J connectivity index is 1.66. The van der Waals surface area contributed by atoms with Crippen LogP contribution in [0.1, 0.15) is 18.9 Å². The summed E-state index contributed by atoms with van der Waals surface area (Å²) >= 11 is 0. The van der Waals surface area contributed by atoms with Gasteiger partial charge in [0.15, 0.2) is 11.5 Å². The fourth-order valence-corrected chi connectivity index (χ4v) is 2.84. The number of piperidine rings is 1. The van der Waals surface area contributed by atoms with Crippen molar-refractivity contribution >= 4 is 0 Å². The molecule has 3 rings (SSSR count). The molecule has 2 unspecified atom stereocenters. The third kappa shape index (κ3) is 2.85. The zero-order valence-electron chi connectivity index (χ0n) is 11.5. The van der Waals surface area contributed by atoms with Gasteiger partial charge < -0.3 is 15.2 Å². The molecule has 1 fully saturated rings. The Kier molecular flexibility index (Phi) is 3.62. The first-order valence-electron chi connectivity index (χ1n) is 7.09. The predicted octanol–water partition coefficient (Wildman–Crippen LogP) is 1.63. The Labute approximate surface area is 114 Å². The molecule has 2 aliphatic heterocycles. The van der Waals surface area contributed by atoms with E-state index >= 15 is 0 Å². The van der Waals surface area contributed by atoms with Crippen molar-refractivity contribution in [3.05, 3.63) is 23.8 Å². The van der Waals surface area contributed by atoms with Crippen molar-refractivity contribution in [3.8, 4) is 11.5 Å². The Bertz CT molecular complexity index is 450. The van der Waals surface area contributed by atoms with Gasteiger partial charge in [-0.25, -0.2) is 0 Å². The average Bonchev–Trinajstić information content (AvgIpc) is 2.43. The Morgan fingerprint density at radius 1 is 1.26 bits per heavy atom. The quantitative estimate of drug-likeness (QED) is 0.880. The summed E-state index contributed by atoms with van der Waals surface area (Å²) in [5.41, 5.74) is 7.35. The van der Waals surface area contributed by atoms with Crippen LogP contribution in [0.25, 0.3) is 0 Å². The third-order valence-corrected chi connectivity index (χ3v) is 4.07. The zero-order valence-corrected chi connectivity index (χ0v) is 11.5. The van der Waals surface area contributed by atoms with Crippen molar-refractivity contribution < 1.29 is 9.47 Å². The predicted molar refractivity (Wildman–Crippen MR) is 74.5 cm³/mol. The van der Waals surface area contributed by atoms with E-state index in [1.54, 1.807) is 0 Å². The molecule has 2 atom stereocenters. The van der Waals surface area contributed by atoms with Gasteiger partial charge in [-0.15, -0.1) is 0 Å². The standard InChI is InChI=1S/C15H22N2O2/c1-11-9-17(5-4-13(11)16)10-12-2-3-14-15(8-12)19-7-6-18-14/h2-3,8,11,13H,4-7,9-10,16H2,1H3. The molecule has 2 aliphatic rings. The topological polar surface area (TPSA) is 47.7 Å². The van der Waals surface area contributed by atoms with Gasteiger partial charge in [0.1, 0.15) is 13.2 Å². The molecule has 1 aromatic carbocycles. The molecule has 4 heteroatoms. The van der Waals surface area contributed by atoms with Gasteiger partial charge in [-0.3, -0.25) is 4.90 Å². The van der Waals surface area contributed by atoms with Crippen LogP contribution < -0.4 is 15.2 Å². The van der Waals surface area contributed by atoms with Crippen molar-refractivity contribution in [3.63, 3.8) is 0 Å². The smallest absolute Gasteiger partial charge is 0.161 e. The van der Waals surface area contributed by atoms with E-state index in [1.807, 2.05) is 6.07 Å². The van der Waals surface area contributed by atoms with Crippen LogP contribution in [0.15, 0.2) is 18.2 Å². The van der Waals surface area contributed by atoms with Crippen molar-refractivity contribution in [2.45, 2.75) is 25.9 Å². The van der Waals surface area contributed by atoms with Crippen LogP contribution in [-0.4, -0.2) is 37.2 Å². The van der Waals surface area contributed by atoms with Crippen LogP contribution in [0.3, 0.4) is 0 Å². The van der Waals surface area contributed by atoms with Gasteiger partial charge in [-0.05, 0) is 36.6 Å². The summed E-state index contributed by atoms with van der Waals surface area (Å²) in [6, 6.07) is 6.61. The van der Waals surface area contributed by atoms with E-state index in [9.17, 15) is 0 Å². The molecule has 1 saturated heterocycles. The number of nitrogens with two attached hydrogens (primary N) is 1. The number of likely N-dealkylation sites (tertiary alicyclic amines) is 1. The number of benzene rings is 1. The molecule has 0 aliphatic carbocycles. The number of fused-ring (bicyclic) bond motifs is 1. The number of ether oxygens (including phenoxy) is 2. The highest BCUT2D eigenvalue weighted by Crippen LogP contribution is 2.31. The summed E-state index contributed by atoms with van der Waals surface area (Å²) in [7, 11) is 0. The van der Waals surface area contributed by atoms with Crippen molar-refractivity contribution in [1.82, 2.24) is 4.90 Å². The van der Waals surface area contributed by atoms with E-state index in [2.05, 4.69) is 24.0 Å². The molecule has 0 spiro atoms. The lowest BCUT2D eigenvalue weighted by Crippen LogP contribution is -2.45. The van der Waals surface area contributed by atoms with Crippen molar-refractivity contribution in [2.75, 3.05) is 26.3 Å². The minimum atomic E-state index is 0.358. The summed E-state index contributed by atoms with van der Waals surface area (Å²) in [6.07, 6.45) is 1.09. The molecule has 4 nitrogen and oxygen atoms in total. The highest BCUT2D eigenvalue weighted by molar-refractivity contribution is 5.43. The number of rotatable bonds is 2. The van der Waals surface area contributed by atoms with Gasteiger partial charge >= 0.3 is 0 Å². The van der Waals surface area contributed by atoms with Crippen LogP contribution in [0, 0.1) is 5.92 Å². The molecule has 104 valence electrons. The van der Waals surface area contributed by atoms with E-state index < -0.39 is 0 Å². The lowest BCUT2D eigenvalue weighted by molar-refractivity contribution is 0.156. The molecular weight excluding hydrogens is 240 g/mol. The Morgan fingerprint density at radius 2 is 2.05 bits per heavy atom. The minimum Gasteiger partial charge on any atom is -0.486 e. The summed E-state index contributed by atoms with van der Waals surface area (Å²) in [4.78, 5) is 2.47. The molecule has 0 bridgehead atoms. The normalized spacial score (nSPS) is 27.3. The van der Waals surface area contributed by atoms with Crippen LogP contribution in [0.5, 0.6) is 11.5 Å². The maximum Gasteiger partial charge on any atom is 0.161 e. The number of nitrogens with zero attached hydrogens (tertiary/aromatic N) is 1. The fraction of sp³-hybridized carbons (Fsp3) is 0.600. The van der Waals surface area contributed by atoms with E-state index in [4.69, 9.17) is 15.2 Å². The average molecular weight is 262 g/mol. The first kappa shape index (κ1) is 12.8. The second-order valence-corrected chi connectivity index (χ2v) is 5.64. The summed E-state index contributed by atoms with van der Waals surface area (Å²) in [5, 5.41) is 0. The number of hydrogen-bond acceptors (Lipinski definition) is 4. The van der Waals surface area contributed by atoms with Crippen LogP contribution in [0.4, 0.5) is 0 Å². The highest BCUT2D eigenvalue weighted by Gasteiger charge is 2.23. The van der Waals surface area contributed by atoms with Crippen LogP contribution in [0.2, 0.25) is 0 Å². The molecular formula is C15H22N2O2. The van der Waals surface area contributed by atoms with E-state index in [0.717, 1.165) is 37.6 Å². The Hall–Kier alpha value is -1.26. The van der Waals surface area contributed by atoms with Gasteiger partial charge in [0.2, 0.25) is 0 Å². The maximum absolute atomic E-state index is 6.06. The molecule has 19 heavy (non-hydrogen) atoms. The third-order valence-electron chi connectivity index (χ3n) is 4.07. The van der Waals surface area contributed by atoms with Gasteiger partial charge in [-0.1, -0.05) is 13.0 Å². The molecule has 0 saturated carbocycles. The monoisotopic (exact) mass is 262 g/mol. The molecule has 1 aromatic rings. The minimum absolute atomic E-state index is 0.358. The zero-order chi connectivity index (χ0) is 13.2. The van der Waals surface area contributed by atoms with Crippen LogP contribution in [-0.2, 0) is 6.54 Å². The first-order chi connectivity index (χ1) is 9.22. The van der Waals surface area contributed by atoms with Gasteiger partial charge in [0.25, 0.3) is 0 Å². The Morgan fingerprint density at radius 3 is 2.84 bits per heavy atom. The molecule has 2 N–H and O–H groups in total. The second kappa shape index (κ2) is 5.39. The van der Waals surface area contributed by atoms with Gasteiger partial charge in [0, 0.05) is 19.1 Å². The van der Waals surface area contributed by atoms with Crippen LogP contribution >= 0.6 is 0 Å². The van der Waals surface area contributed by atoms with E-state index in [-0.39, 0.29) is 0 Å². The molecule has 0 radical (unpaired) electrons. The lowest BCUT2D eigenvalue weighted by atomic mass is 9.94. The van der Waals surface area contributed by atoms with Gasteiger partial charge in [0.05, 0.1) is 0 Å². The SMILES string of the molecule is CC1CN(Cc2ccc3c(c2)OCCO3)CCC1N. The second-order valence-electron chi connectivity index (χ2n) is 5.64. The van der Waals surface area contributed by atoms with E-state index in [1.165, 1.54) is 5.56 Å². The highest BCUT2D eigenvalue weighted by atomic mass is 16.6. The van der Waals surface area contributed by atoms with Crippen molar-refractivity contribution in [1.29, 1.82) is 0 Å². The first-order valence-corrected chi connectivity index (χ1v) is 7.09. The lowest BCUT2D eigenvalue weighted by Gasteiger charge is -2.35. The fourth-order valence-electron chi connectivity index (χ4n) is 2.84. The molecule has 2 heterocycles. The van der Waals surface area contributed by atoms with Gasteiger partial charge in [-0.2, -0.15) is 0 Å². The molecule has 0 amide bonds. The maximum atomic E-state index is 6.06. The summed E-state index contributed by atoms with van der Waals surface area (Å²) in [6.45, 7) is 6.66. The largest absolute Gasteiger partial charge is 0.486 e. The summed E-state index contributed by atoms with van der Waals surface area (Å²) < 4.78 is 11.2.